The lowest BCUT2D eigenvalue weighted by Crippen LogP contribution is -2.58. The fraction of sp³-hybridized carbons (Fsp3) is 0.531. The quantitative estimate of drug-likeness (QED) is 0.398. The number of piperidine rings is 2. The molecule has 0 spiro atoms. The van der Waals surface area contributed by atoms with Gasteiger partial charge in [0.05, 0.1) is 21.8 Å². The number of fused-ring (bicyclic) bond motifs is 1. The van der Waals surface area contributed by atoms with Gasteiger partial charge in [-0.05, 0) is 81.1 Å². The smallest absolute Gasteiger partial charge is 0.318 e. The minimum absolute atomic E-state index is 0.00447. The number of carbonyl (C=O) groups excluding carboxylic acids is 2. The molecule has 2 N–H and O–H groups in total. The molecule has 0 unspecified atom stereocenters. The number of benzene rings is 2. The number of halogens is 2. The Hall–Kier alpha value is -3.01. The molecule has 1 aromatic heterocycles. The van der Waals surface area contributed by atoms with Gasteiger partial charge < -0.3 is 24.9 Å². The lowest BCUT2D eigenvalue weighted by Gasteiger charge is -2.41. The highest BCUT2D eigenvalue weighted by Crippen LogP contribution is 2.28. The molecule has 0 bridgehead atoms. The normalized spacial score (nSPS) is 19.6. The highest BCUT2D eigenvalue weighted by Gasteiger charge is 2.33. The molecule has 3 amide bonds. The Morgan fingerprint density at radius 2 is 1.67 bits per heavy atom. The maximum absolute atomic E-state index is 14.0. The van der Waals surface area contributed by atoms with Crippen LogP contribution in [0.3, 0.4) is 0 Å². The van der Waals surface area contributed by atoms with Gasteiger partial charge in [0.25, 0.3) is 0 Å². The van der Waals surface area contributed by atoms with Crippen LogP contribution in [0.2, 0.25) is 10.0 Å². The number of aryl methyl sites for hydroxylation is 1. The zero-order valence-corrected chi connectivity index (χ0v) is 26.3. The molecule has 3 saturated heterocycles. The van der Waals surface area contributed by atoms with Crippen molar-refractivity contribution < 1.29 is 9.59 Å². The zero-order valence-electron chi connectivity index (χ0n) is 24.8. The molecule has 2 aromatic carbocycles. The molecule has 43 heavy (non-hydrogen) atoms. The summed E-state index contributed by atoms with van der Waals surface area (Å²) >= 11 is 12.3. The number of nitrogens with one attached hydrogen (secondary N) is 2. The maximum atomic E-state index is 14.0. The van der Waals surface area contributed by atoms with Crippen LogP contribution in [0.15, 0.2) is 36.5 Å². The Balaban J connectivity index is 1.13. The van der Waals surface area contributed by atoms with Gasteiger partial charge in [-0.2, -0.15) is 5.10 Å². The van der Waals surface area contributed by atoms with Crippen molar-refractivity contribution >= 4 is 51.7 Å². The van der Waals surface area contributed by atoms with Crippen LogP contribution in [0, 0.1) is 6.92 Å². The van der Waals surface area contributed by atoms with E-state index in [1.54, 1.807) is 17.2 Å². The third kappa shape index (κ3) is 6.89. The lowest BCUT2D eigenvalue weighted by molar-refractivity contribution is -0.134. The summed E-state index contributed by atoms with van der Waals surface area (Å²) in [6.07, 6.45) is 8.09. The van der Waals surface area contributed by atoms with Crippen LogP contribution < -0.4 is 10.2 Å². The van der Waals surface area contributed by atoms with Crippen LogP contribution in [0.5, 0.6) is 0 Å². The second-order valence-corrected chi connectivity index (χ2v) is 13.0. The summed E-state index contributed by atoms with van der Waals surface area (Å²) in [4.78, 5) is 36.2. The Labute approximate surface area is 263 Å². The number of urea groups is 1. The summed E-state index contributed by atoms with van der Waals surface area (Å²) in [5.74, 6) is 0.00447. The molecule has 3 aliphatic rings. The minimum atomic E-state index is -0.643. The molecule has 0 saturated carbocycles. The number of H-pyrrole nitrogens is 1. The number of piperazine rings is 1. The number of nitrogens with zero attached hydrogens (tertiary/aromatic N) is 5. The highest BCUT2D eigenvalue weighted by molar-refractivity contribution is 6.42. The third-order valence-corrected chi connectivity index (χ3v) is 10.1. The first-order valence-electron chi connectivity index (χ1n) is 15.6. The molecule has 0 radical (unpaired) electrons. The molecule has 0 aliphatic carbocycles. The number of amides is 3. The average Bonchev–Trinajstić information content (AvgIpc) is 3.52. The van der Waals surface area contributed by atoms with E-state index in [0.29, 0.717) is 48.7 Å². The van der Waals surface area contributed by atoms with Crippen molar-refractivity contribution in [1.29, 1.82) is 0 Å². The Morgan fingerprint density at radius 1 is 0.930 bits per heavy atom. The fourth-order valence-corrected chi connectivity index (χ4v) is 7.20. The topological polar surface area (TPSA) is 87.8 Å². The predicted molar refractivity (Wildman–Crippen MR) is 172 cm³/mol. The summed E-state index contributed by atoms with van der Waals surface area (Å²) in [5.41, 5.74) is 4.07. The fourth-order valence-electron chi connectivity index (χ4n) is 6.91. The van der Waals surface area contributed by atoms with E-state index in [0.717, 1.165) is 53.6 Å². The zero-order chi connectivity index (χ0) is 29.9. The number of anilines is 1. The monoisotopic (exact) mass is 625 g/mol. The van der Waals surface area contributed by atoms with E-state index >= 15 is 0 Å². The summed E-state index contributed by atoms with van der Waals surface area (Å²) < 4.78 is 0. The van der Waals surface area contributed by atoms with Crippen LogP contribution >= 0.6 is 23.2 Å². The number of aromatic nitrogens is 2. The number of hydrogen-bond donors (Lipinski definition) is 2. The molecule has 3 aliphatic heterocycles. The number of aromatic amines is 1. The molecular weight excluding hydrogens is 585 g/mol. The van der Waals surface area contributed by atoms with Crippen molar-refractivity contribution in [3.63, 3.8) is 0 Å². The van der Waals surface area contributed by atoms with Crippen LogP contribution in [0.4, 0.5) is 10.5 Å². The van der Waals surface area contributed by atoms with Crippen molar-refractivity contribution in [2.75, 3.05) is 57.3 Å². The SMILES string of the molecule is Cc1cc(C[C@@H](NC(=O)N2CCN(c3ccc(Cl)c(Cl)c3)CC2)C(=O)N2CCC(N3CCCCC3)CC2)cc2cn[nH]c12. The molecule has 3 aromatic rings. The van der Waals surface area contributed by atoms with E-state index < -0.39 is 6.04 Å². The Bertz CT molecular complexity index is 1440. The molecule has 1 atom stereocenters. The second kappa shape index (κ2) is 13.3. The van der Waals surface area contributed by atoms with Crippen molar-refractivity contribution in [2.45, 2.75) is 57.5 Å². The molecule has 4 heterocycles. The number of hydrogen-bond acceptors (Lipinski definition) is 5. The number of rotatable bonds is 6. The molecule has 6 rings (SSSR count). The third-order valence-electron chi connectivity index (χ3n) is 9.36. The largest absolute Gasteiger partial charge is 0.368 e. The Kier molecular flexibility index (Phi) is 9.31. The van der Waals surface area contributed by atoms with Gasteiger partial charge in [0, 0.05) is 62.8 Å². The summed E-state index contributed by atoms with van der Waals surface area (Å²) in [6.45, 7) is 8.29. The van der Waals surface area contributed by atoms with Gasteiger partial charge in [0.15, 0.2) is 0 Å². The molecule has 11 heteroatoms. The molecule has 230 valence electrons. The Morgan fingerprint density at radius 3 is 2.40 bits per heavy atom. The van der Waals surface area contributed by atoms with Gasteiger partial charge in [0.2, 0.25) is 5.91 Å². The number of likely N-dealkylation sites (tertiary alicyclic amines) is 2. The van der Waals surface area contributed by atoms with Crippen molar-refractivity contribution in [1.82, 2.24) is 30.2 Å². The summed E-state index contributed by atoms with van der Waals surface area (Å²) in [6, 6.07) is 9.48. The summed E-state index contributed by atoms with van der Waals surface area (Å²) in [5, 5.41) is 12.4. The van der Waals surface area contributed by atoms with E-state index in [9.17, 15) is 9.59 Å². The maximum Gasteiger partial charge on any atom is 0.318 e. The van der Waals surface area contributed by atoms with E-state index in [-0.39, 0.29) is 11.9 Å². The van der Waals surface area contributed by atoms with Gasteiger partial charge in [0.1, 0.15) is 6.04 Å². The molecular formula is C32H41Cl2N7O2. The average molecular weight is 627 g/mol. The predicted octanol–water partition coefficient (Wildman–Crippen LogP) is 5.10. The standard InChI is InChI=1S/C32H41Cl2N7O2/c1-22-17-23(18-24-21-35-37-30(22)24)19-29(31(42)40-11-7-25(8-12-40)38-9-3-2-4-10-38)36-32(43)41-15-13-39(14-16-41)26-5-6-27(33)28(34)20-26/h5-6,17-18,20-21,25,29H,2-4,7-16,19H2,1H3,(H,35,37)(H,36,43)/t29-/m1/s1. The van der Waals surface area contributed by atoms with Gasteiger partial charge in [-0.25, -0.2) is 4.79 Å². The first kappa shape index (κ1) is 30.0. The van der Waals surface area contributed by atoms with Crippen LogP contribution in [0.1, 0.15) is 43.2 Å². The van der Waals surface area contributed by atoms with Crippen LogP contribution in [0.25, 0.3) is 10.9 Å². The van der Waals surface area contributed by atoms with Gasteiger partial charge in [-0.3, -0.25) is 9.89 Å². The van der Waals surface area contributed by atoms with E-state index in [1.165, 1.54) is 32.4 Å². The second-order valence-electron chi connectivity index (χ2n) is 12.2. The van der Waals surface area contributed by atoms with E-state index in [1.807, 2.05) is 24.0 Å². The van der Waals surface area contributed by atoms with E-state index in [4.69, 9.17) is 23.2 Å². The first-order valence-corrected chi connectivity index (χ1v) is 16.3. The minimum Gasteiger partial charge on any atom is -0.368 e. The molecule has 3 fully saturated rings. The van der Waals surface area contributed by atoms with Crippen molar-refractivity contribution in [3.8, 4) is 0 Å². The van der Waals surface area contributed by atoms with Crippen LogP contribution in [-0.4, -0.2) is 101 Å². The van der Waals surface area contributed by atoms with E-state index in [2.05, 4.69) is 37.4 Å². The first-order chi connectivity index (χ1) is 20.9. The molecule has 9 nitrogen and oxygen atoms in total. The highest BCUT2D eigenvalue weighted by atomic mass is 35.5. The van der Waals surface area contributed by atoms with Gasteiger partial charge in [-0.1, -0.05) is 35.7 Å². The van der Waals surface area contributed by atoms with Gasteiger partial charge in [-0.15, -0.1) is 0 Å². The summed E-state index contributed by atoms with van der Waals surface area (Å²) in [7, 11) is 0. The lowest BCUT2D eigenvalue weighted by atomic mass is 9.97. The van der Waals surface area contributed by atoms with Gasteiger partial charge >= 0.3 is 6.03 Å². The van der Waals surface area contributed by atoms with Crippen LogP contribution in [-0.2, 0) is 11.2 Å². The van der Waals surface area contributed by atoms with Crippen molar-refractivity contribution in [3.05, 3.63) is 57.7 Å². The number of carbonyl (C=O) groups is 2. The van der Waals surface area contributed by atoms with Crippen molar-refractivity contribution in [2.24, 2.45) is 0 Å².